The Labute approximate surface area is 104 Å². The van der Waals surface area contributed by atoms with Gasteiger partial charge in [-0.3, -0.25) is 9.48 Å². The lowest BCUT2D eigenvalue weighted by atomic mass is 10.1. The van der Waals surface area contributed by atoms with Crippen LogP contribution in [0.5, 0.6) is 0 Å². The summed E-state index contributed by atoms with van der Waals surface area (Å²) in [6, 6.07) is -0.427. The van der Waals surface area contributed by atoms with E-state index < -0.39 is 6.04 Å². The van der Waals surface area contributed by atoms with E-state index in [1.54, 1.807) is 17.0 Å². The Morgan fingerprint density at radius 1 is 1.75 bits per heavy atom. The highest BCUT2D eigenvalue weighted by Crippen LogP contribution is 2.21. The lowest BCUT2D eigenvalue weighted by Crippen LogP contribution is -2.32. The van der Waals surface area contributed by atoms with Gasteiger partial charge in [-0.15, -0.1) is 6.58 Å². The number of carbonyl (C=O) groups is 1. The topological polar surface area (TPSA) is 60.9 Å². The summed E-state index contributed by atoms with van der Waals surface area (Å²) in [4.78, 5) is 12.1. The molecule has 1 heterocycles. The summed E-state index contributed by atoms with van der Waals surface area (Å²) in [6.07, 6.45) is 3.73. The van der Waals surface area contributed by atoms with Crippen molar-refractivity contribution in [3.05, 3.63) is 29.0 Å². The van der Waals surface area contributed by atoms with Crippen LogP contribution in [0.25, 0.3) is 0 Å². The van der Waals surface area contributed by atoms with E-state index in [0.29, 0.717) is 16.6 Å². The molecular weight excluding hydrogens is 270 g/mol. The van der Waals surface area contributed by atoms with Crippen molar-refractivity contribution in [3.8, 4) is 0 Å². The van der Waals surface area contributed by atoms with Crippen LogP contribution in [-0.4, -0.2) is 21.6 Å². The molecule has 1 aromatic heterocycles. The molecule has 0 radical (unpaired) electrons. The fraction of sp³-hybridized carbons (Fsp3) is 0.455. The number of nitrogens with two attached hydrogens (primary N) is 1. The van der Waals surface area contributed by atoms with E-state index in [1.807, 2.05) is 13.8 Å². The first-order valence-electron chi connectivity index (χ1n) is 5.12. The van der Waals surface area contributed by atoms with Crippen LogP contribution in [-0.2, 0) is 0 Å². The van der Waals surface area contributed by atoms with E-state index in [2.05, 4.69) is 27.6 Å². The van der Waals surface area contributed by atoms with Crippen molar-refractivity contribution in [3.63, 3.8) is 0 Å². The molecule has 16 heavy (non-hydrogen) atoms. The predicted molar refractivity (Wildman–Crippen MR) is 67.4 cm³/mol. The van der Waals surface area contributed by atoms with E-state index in [0.717, 1.165) is 0 Å². The molecular formula is C11H16BrN3O. The minimum absolute atomic E-state index is 0.113. The molecule has 0 bridgehead atoms. The first-order chi connectivity index (χ1) is 7.49. The van der Waals surface area contributed by atoms with E-state index >= 15 is 0 Å². The van der Waals surface area contributed by atoms with E-state index in [-0.39, 0.29) is 11.8 Å². The summed E-state index contributed by atoms with van der Waals surface area (Å²) in [5.41, 5.74) is 6.31. The SMILES string of the molecule is C=CCC(N)C(=O)c1c(Br)cnn1C(C)C. The van der Waals surface area contributed by atoms with Gasteiger partial charge in [0.2, 0.25) is 0 Å². The quantitative estimate of drug-likeness (QED) is 0.667. The number of rotatable bonds is 5. The molecule has 1 aromatic rings. The van der Waals surface area contributed by atoms with Gasteiger partial charge in [0.1, 0.15) is 5.69 Å². The standard InChI is InChI=1S/C11H16BrN3O/c1-4-5-9(13)11(16)10-8(12)6-14-15(10)7(2)3/h4,6-7,9H,1,5,13H2,2-3H3. The average molecular weight is 286 g/mol. The van der Waals surface area contributed by atoms with E-state index in [9.17, 15) is 4.79 Å². The highest BCUT2D eigenvalue weighted by molar-refractivity contribution is 9.10. The van der Waals surface area contributed by atoms with Gasteiger partial charge in [0.05, 0.1) is 16.7 Å². The third kappa shape index (κ3) is 2.59. The molecule has 0 saturated carbocycles. The predicted octanol–water partition coefficient (Wildman–Crippen LogP) is 2.31. The summed E-state index contributed by atoms with van der Waals surface area (Å²) in [5.74, 6) is -0.113. The molecule has 0 fully saturated rings. The fourth-order valence-electron chi connectivity index (χ4n) is 1.43. The molecule has 0 aromatic carbocycles. The number of nitrogens with zero attached hydrogens (tertiary/aromatic N) is 2. The summed E-state index contributed by atoms with van der Waals surface area (Å²) in [6.45, 7) is 7.51. The zero-order valence-electron chi connectivity index (χ0n) is 9.48. The van der Waals surface area contributed by atoms with Crippen molar-refractivity contribution in [2.75, 3.05) is 0 Å². The van der Waals surface area contributed by atoms with Crippen LogP contribution >= 0.6 is 15.9 Å². The molecule has 88 valence electrons. The van der Waals surface area contributed by atoms with Crippen molar-refractivity contribution in [1.82, 2.24) is 9.78 Å². The van der Waals surface area contributed by atoms with Crippen LogP contribution in [0, 0.1) is 0 Å². The van der Waals surface area contributed by atoms with Crippen LogP contribution < -0.4 is 5.73 Å². The number of carbonyl (C=O) groups excluding carboxylic acids is 1. The molecule has 2 N–H and O–H groups in total. The zero-order valence-corrected chi connectivity index (χ0v) is 11.1. The summed E-state index contributed by atoms with van der Waals surface area (Å²) < 4.78 is 2.36. The van der Waals surface area contributed by atoms with Gasteiger partial charge in [-0.05, 0) is 36.2 Å². The maximum absolute atomic E-state index is 12.1. The molecule has 5 heteroatoms. The monoisotopic (exact) mass is 285 g/mol. The normalized spacial score (nSPS) is 12.8. The van der Waals surface area contributed by atoms with Crippen molar-refractivity contribution in [2.45, 2.75) is 32.4 Å². The molecule has 1 unspecified atom stereocenters. The van der Waals surface area contributed by atoms with Crippen LogP contribution in [0.4, 0.5) is 0 Å². The van der Waals surface area contributed by atoms with Gasteiger partial charge < -0.3 is 5.73 Å². The van der Waals surface area contributed by atoms with Crippen molar-refractivity contribution in [1.29, 1.82) is 0 Å². The van der Waals surface area contributed by atoms with Crippen LogP contribution in [0.1, 0.15) is 36.8 Å². The summed E-state index contributed by atoms with van der Waals surface area (Å²) in [5, 5.41) is 4.15. The molecule has 0 spiro atoms. The number of halogens is 1. The second-order valence-electron chi connectivity index (χ2n) is 3.87. The third-order valence-electron chi connectivity index (χ3n) is 2.23. The molecule has 0 aliphatic carbocycles. The highest BCUT2D eigenvalue weighted by Gasteiger charge is 2.23. The minimum atomic E-state index is -0.553. The minimum Gasteiger partial charge on any atom is -0.321 e. The smallest absolute Gasteiger partial charge is 0.198 e. The van der Waals surface area contributed by atoms with Crippen molar-refractivity contribution in [2.24, 2.45) is 5.73 Å². The lowest BCUT2D eigenvalue weighted by molar-refractivity contribution is 0.0948. The van der Waals surface area contributed by atoms with Gasteiger partial charge in [-0.2, -0.15) is 5.10 Å². The van der Waals surface area contributed by atoms with Gasteiger partial charge in [0.25, 0.3) is 0 Å². The second kappa shape index (κ2) is 5.41. The first kappa shape index (κ1) is 13.1. The third-order valence-corrected chi connectivity index (χ3v) is 2.81. The number of ketones is 1. The summed E-state index contributed by atoms with van der Waals surface area (Å²) >= 11 is 3.32. The van der Waals surface area contributed by atoms with Crippen LogP contribution in [0.2, 0.25) is 0 Å². The Balaban J connectivity index is 3.06. The average Bonchev–Trinajstić information content (AvgIpc) is 2.59. The largest absolute Gasteiger partial charge is 0.321 e. The molecule has 0 aliphatic heterocycles. The number of hydrogen-bond acceptors (Lipinski definition) is 3. The molecule has 0 aliphatic rings. The summed E-state index contributed by atoms with van der Waals surface area (Å²) in [7, 11) is 0. The number of Topliss-reactive ketones (excluding diaryl/α,β-unsaturated/α-hetero) is 1. The number of aromatic nitrogens is 2. The van der Waals surface area contributed by atoms with Gasteiger partial charge in [0, 0.05) is 6.04 Å². The van der Waals surface area contributed by atoms with E-state index in [4.69, 9.17) is 5.73 Å². The van der Waals surface area contributed by atoms with Gasteiger partial charge in [0.15, 0.2) is 5.78 Å². The number of hydrogen-bond donors (Lipinski definition) is 1. The fourth-order valence-corrected chi connectivity index (χ4v) is 1.89. The Kier molecular flexibility index (Phi) is 4.44. The molecule has 4 nitrogen and oxygen atoms in total. The van der Waals surface area contributed by atoms with Crippen LogP contribution in [0.15, 0.2) is 23.3 Å². The maximum atomic E-state index is 12.1. The molecule has 0 amide bonds. The lowest BCUT2D eigenvalue weighted by Gasteiger charge is -2.13. The molecule has 0 saturated heterocycles. The highest BCUT2D eigenvalue weighted by atomic mass is 79.9. The first-order valence-corrected chi connectivity index (χ1v) is 5.92. The second-order valence-corrected chi connectivity index (χ2v) is 4.73. The van der Waals surface area contributed by atoms with Crippen LogP contribution in [0.3, 0.4) is 0 Å². The van der Waals surface area contributed by atoms with Gasteiger partial charge in [-0.25, -0.2) is 0 Å². The molecule has 1 atom stereocenters. The Bertz CT molecular complexity index is 398. The van der Waals surface area contributed by atoms with Gasteiger partial charge in [-0.1, -0.05) is 6.08 Å². The Morgan fingerprint density at radius 3 is 2.88 bits per heavy atom. The molecule has 1 rings (SSSR count). The zero-order chi connectivity index (χ0) is 12.3. The van der Waals surface area contributed by atoms with Crippen molar-refractivity contribution >= 4 is 21.7 Å². The van der Waals surface area contributed by atoms with Crippen molar-refractivity contribution < 1.29 is 4.79 Å². The van der Waals surface area contributed by atoms with Gasteiger partial charge >= 0.3 is 0 Å². The Morgan fingerprint density at radius 2 is 2.38 bits per heavy atom. The maximum Gasteiger partial charge on any atom is 0.198 e. The van der Waals surface area contributed by atoms with E-state index in [1.165, 1.54) is 0 Å². The Hall–Kier alpha value is -0.940.